The molecule has 3 atom stereocenters. The predicted octanol–water partition coefficient (Wildman–Crippen LogP) is -0.0157. The SMILES string of the molecule is CCCNC1COCC1C(=O)N1CCC[C@@H]1CO. The fraction of sp³-hybridized carbons (Fsp3) is 0.923. The van der Waals surface area contributed by atoms with Crippen LogP contribution in [-0.4, -0.2) is 60.9 Å². The van der Waals surface area contributed by atoms with Crippen LogP contribution in [0.2, 0.25) is 0 Å². The standard InChI is InChI=1S/C13H24N2O3/c1-2-5-14-12-9-18-8-11(12)13(17)15-6-3-4-10(15)7-16/h10-12,14,16H,2-9H2,1H3/t10-,11?,12?/m1/s1. The highest BCUT2D eigenvalue weighted by Crippen LogP contribution is 2.23. The first kappa shape index (κ1) is 13.8. The summed E-state index contributed by atoms with van der Waals surface area (Å²) in [6.07, 6.45) is 2.97. The Kier molecular flexibility index (Phi) is 4.97. The molecule has 5 nitrogen and oxygen atoms in total. The molecule has 2 saturated heterocycles. The second kappa shape index (κ2) is 6.50. The minimum absolute atomic E-state index is 0.0184. The normalized spacial score (nSPS) is 32.1. The average Bonchev–Trinajstić information content (AvgIpc) is 3.03. The average molecular weight is 256 g/mol. The van der Waals surface area contributed by atoms with E-state index in [1.165, 1.54) is 0 Å². The van der Waals surface area contributed by atoms with Crippen molar-refractivity contribution in [1.29, 1.82) is 0 Å². The highest BCUT2D eigenvalue weighted by atomic mass is 16.5. The van der Waals surface area contributed by atoms with Crippen molar-refractivity contribution in [3.63, 3.8) is 0 Å². The van der Waals surface area contributed by atoms with E-state index < -0.39 is 0 Å². The number of likely N-dealkylation sites (tertiary alicyclic amines) is 1. The Bertz CT molecular complexity index is 285. The summed E-state index contributed by atoms with van der Waals surface area (Å²) in [4.78, 5) is 14.3. The third-order valence-electron chi connectivity index (χ3n) is 3.93. The van der Waals surface area contributed by atoms with E-state index in [4.69, 9.17) is 4.74 Å². The lowest BCUT2D eigenvalue weighted by Crippen LogP contribution is -2.48. The highest BCUT2D eigenvalue weighted by Gasteiger charge is 2.39. The van der Waals surface area contributed by atoms with Crippen LogP contribution in [0.1, 0.15) is 26.2 Å². The molecule has 2 aliphatic rings. The summed E-state index contributed by atoms with van der Waals surface area (Å²) in [6, 6.07) is 0.155. The van der Waals surface area contributed by atoms with Crippen LogP contribution in [0.5, 0.6) is 0 Å². The zero-order valence-electron chi connectivity index (χ0n) is 11.1. The van der Waals surface area contributed by atoms with Crippen molar-refractivity contribution in [1.82, 2.24) is 10.2 Å². The van der Waals surface area contributed by atoms with Gasteiger partial charge in [0.15, 0.2) is 0 Å². The van der Waals surface area contributed by atoms with Crippen molar-refractivity contribution in [2.24, 2.45) is 5.92 Å². The largest absolute Gasteiger partial charge is 0.394 e. The summed E-state index contributed by atoms with van der Waals surface area (Å²) in [7, 11) is 0. The van der Waals surface area contributed by atoms with Gasteiger partial charge in [-0.1, -0.05) is 6.92 Å². The Morgan fingerprint density at radius 3 is 3.06 bits per heavy atom. The molecule has 0 aromatic heterocycles. The van der Waals surface area contributed by atoms with Crippen LogP contribution >= 0.6 is 0 Å². The van der Waals surface area contributed by atoms with Crippen LogP contribution in [-0.2, 0) is 9.53 Å². The summed E-state index contributed by atoms with van der Waals surface area (Å²) < 4.78 is 5.44. The number of ether oxygens (including phenoxy) is 1. The molecule has 0 spiro atoms. The van der Waals surface area contributed by atoms with E-state index in [0.29, 0.717) is 13.2 Å². The molecular formula is C13H24N2O3. The molecule has 0 aliphatic carbocycles. The zero-order valence-corrected chi connectivity index (χ0v) is 11.1. The molecular weight excluding hydrogens is 232 g/mol. The predicted molar refractivity (Wildman–Crippen MR) is 68.2 cm³/mol. The molecule has 2 unspecified atom stereocenters. The summed E-state index contributed by atoms with van der Waals surface area (Å²) in [6.45, 7) is 5.01. The van der Waals surface area contributed by atoms with Gasteiger partial charge in [-0.3, -0.25) is 4.79 Å². The third kappa shape index (κ3) is 2.84. The highest BCUT2D eigenvalue weighted by molar-refractivity contribution is 5.80. The number of rotatable bonds is 5. The molecule has 0 aromatic rings. The van der Waals surface area contributed by atoms with Gasteiger partial charge in [0.1, 0.15) is 0 Å². The number of nitrogens with one attached hydrogen (secondary N) is 1. The van der Waals surface area contributed by atoms with Crippen molar-refractivity contribution in [3.05, 3.63) is 0 Å². The molecule has 104 valence electrons. The first-order chi connectivity index (χ1) is 8.77. The second-order valence-corrected chi connectivity index (χ2v) is 5.21. The smallest absolute Gasteiger partial charge is 0.230 e. The zero-order chi connectivity index (χ0) is 13.0. The van der Waals surface area contributed by atoms with Crippen LogP contribution in [0.3, 0.4) is 0 Å². The minimum Gasteiger partial charge on any atom is -0.394 e. The first-order valence-corrected chi connectivity index (χ1v) is 7.00. The maximum Gasteiger partial charge on any atom is 0.230 e. The van der Waals surface area contributed by atoms with Crippen LogP contribution in [0, 0.1) is 5.92 Å². The van der Waals surface area contributed by atoms with E-state index in [1.807, 2.05) is 4.90 Å². The lowest BCUT2D eigenvalue weighted by molar-refractivity contribution is -0.137. The number of hydrogen-bond donors (Lipinski definition) is 2. The number of carbonyl (C=O) groups is 1. The molecule has 5 heteroatoms. The summed E-state index contributed by atoms with van der Waals surface area (Å²) in [5.74, 6) is 0.0707. The number of nitrogens with zero attached hydrogens (tertiary/aromatic N) is 1. The van der Waals surface area contributed by atoms with Gasteiger partial charge in [0.2, 0.25) is 5.91 Å². The molecule has 0 aromatic carbocycles. The molecule has 0 bridgehead atoms. The number of carbonyl (C=O) groups excluding carboxylic acids is 1. The fourth-order valence-electron chi connectivity index (χ4n) is 2.86. The van der Waals surface area contributed by atoms with Crippen LogP contribution in [0.25, 0.3) is 0 Å². The van der Waals surface area contributed by atoms with E-state index in [-0.39, 0.29) is 30.5 Å². The monoisotopic (exact) mass is 256 g/mol. The van der Waals surface area contributed by atoms with E-state index in [0.717, 1.165) is 32.4 Å². The lowest BCUT2D eigenvalue weighted by atomic mass is 10.0. The van der Waals surface area contributed by atoms with Crippen LogP contribution in [0.4, 0.5) is 0 Å². The van der Waals surface area contributed by atoms with Gasteiger partial charge in [0.25, 0.3) is 0 Å². The van der Waals surface area contributed by atoms with Gasteiger partial charge in [-0.2, -0.15) is 0 Å². The Balaban J connectivity index is 1.94. The van der Waals surface area contributed by atoms with Crippen LogP contribution < -0.4 is 5.32 Å². The molecule has 0 radical (unpaired) electrons. The summed E-state index contributed by atoms with van der Waals surface area (Å²) in [5.41, 5.74) is 0. The van der Waals surface area contributed by atoms with Gasteiger partial charge in [0, 0.05) is 12.6 Å². The van der Waals surface area contributed by atoms with Gasteiger partial charge in [0.05, 0.1) is 31.8 Å². The Labute approximate surface area is 108 Å². The Hall–Kier alpha value is -0.650. The molecule has 2 rings (SSSR count). The maximum atomic E-state index is 12.5. The molecule has 0 saturated carbocycles. The van der Waals surface area contributed by atoms with Crippen molar-refractivity contribution in [3.8, 4) is 0 Å². The van der Waals surface area contributed by atoms with Crippen molar-refractivity contribution >= 4 is 5.91 Å². The van der Waals surface area contributed by atoms with Crippen LogP contribution in [0.15, 0.2) is 0 Å². The van der Waals surface area contributed by atoms with E-state index in [1.54, 1.807) is 0 Å². The number of amides is 1. The van der Waals surface area contributed by atoms with Crippen molar-refractivity contribution in [2.75, 3.05) is 32.9 Å². The molecule has 2 fully saturated rings. The molecule has 1 amide bonds. The fourth-order valence-corrected chi connectivity index (χ4v) is 2.86. The molecule has 2 heterocycles. The van der Waals surface area contributed by atoms with Gasteiger partial charge >= 0.3 is 0 Å². The summed E-state index contributed by atoms with van der Waals surface area (Å²) in [5, 5.41) is 12.7. The Morgan fingerprint density at radius 2 is 2.33 bits per heavy atom. The van der Waals surface area contributed by atoms with E-state index >= 15 is 0 Å². The summed E-state index contributed by atoms with van der Waals surface area (Å²) >= 11 is 0. The third-order valence-corrected chi connectivity index (χ3v) is 3.93. The molecule has 2 aliphatic heterocycles. The molecule has 18 heavy (non-hydrogen) atoms. The quantitative estimate of drug-likeness (QED) is 0.726. The van der Waals surface area contributed by atoms with E-state index in [9.17, 15) is 9.90 Å². The number of aliphatic hydroxyl groups is 1. The van der Waals surface area contributed by atoms with Gasteiger partial charge in [-0.05, 0) is 25.8 Å². The topological polar surface area (TPSA) is 61.8 Å². The van der Waals surface area contributed by atoms with Gasteiger partial charge in [-0.15, -0.1) is 0 Å². The van der Waals surface area contributed by atoms with Crippen molar-refractivity contribution in [2.45, 2.75) is 38.3 Å². The number of hydrogen-bond acceptors (Lipinski definition) is 4. The minimum atomic E-state index is -0.0799. The van der Waals surface area contributed by atoms with Crippen molar-refractivity contribution < 1.29 is 14.6 Å². The first-order valence-electron chi connectivity index (χ1n) is 7.00. The lowest BCUT2D eigenvalue weighted by Gasteiger charge is -2.28. The molecule has 2 N–H and O–H groups in total. The van der Waals surface area contributed by atoms with Gasteiger partial charge in [-0.25, -0.2) is 0 Å². The van der Waals surface area contributed by atoms with E-state index in [2.05, 4.69) is 12.2 Å². The maximum absolute atomic E-state index is 12.5. The van der Waals surface area contributed by atoms with Gasteiger partial charge < -0.3 is 20.1 Å². The number of aliphatic hydroxyl groups excluding tert-OH is 1. The Morgan fingerprint density at radius 1 is 1.50 bits per heavy atom. The second-order valence-electron chi connectivity index (χ2n) is 5.21.